The van der Waals surface area contributed by atoms with Crippen molar-refractivity contribution in [2.75, 3.05) is 33.2 Å². The number of carbonyl (C=O) groups is 1. The van der Waals surface area contributed by atoms with E-state index in [9.17, 15) is 30.0 Å². The van der Waals surface area contributed by atoms with Crippen molar-refractivity contribution in [3.8, 4) is 34.3 Å². The van der Waals surface area contributed by atoms with Crippen LogP contribution in [0.4, 0.5) is 0 Å². The first-order chi connectivity index (χ1) is 18.2. The molecule has 0 unspecified atom stereocenters. The molecule has 0 radical (unpaired) electrons. The van der Waals surface area contributed by atoms with Gasteiger partial charge >= 0.3 is 0 Å². The summed E-state index contributed by atoms with van der Waals surface area (Å²) in [5.74, 6) is -3.20. The molecule has 0 saturated carbocycles. The first kappa shape index (κ1) is 25.2. The van der Waals surface area contributed by atoms with Crippen LogP contribution in [0.5, 0.6) is 23.0 Å². The minimum absolute atomic E-state index is 0.00153. The average molecular weight is 517 g/mol. The van der Waals surface area contributed by atoms with Crippen molar-refractivity contribution in [1.82, 2.24) is 9.80 Å². The molecule has 0 bridgehead atoms. The first-order valence-electron chi connectivity index (χ1n) is 12.3. The summed E-state index contributed by atoms with van der Waals surface area (Å²) in [6, 6.07) is 16.2. The van der Waals surface area contributed by atoms with Crippen molar-refractivity contribution in [3.63, 3.8) is 0 Å². The highest BCUT2D eigenvalue weighted by atomic mass is 16.3. The number of fused-ring (bicyclic) bond motifs is 1. The van der Waals surface area contributed by atoms with Gasteiger partial charge in [0, 0.05) is 55.7 Å². The third-order valence-corrected chi connectivity index (χ3v) is 7.07. The van der Waals surface area contributed by atoms with Crippen LogP contribution in [0.3, 0.4) is 0 Å². The summed E-state index contributed by atoms with van der Waals surface area (Å²) < 4.78 is 6.13. The Hall–Kier alpha value is -4.50. The van der Waals surface area contributed by atoms with Crippen LogP contribution in [0.2, 0.25) is 0 Å². The maximum Gasteiger partial charge on any atom is 0.223 e. The molecule has 4 aromatic rings. The number of likely N-dealkylation sites (N-methyl/N-ethyl adjacent to an activating group) is 1. The molecular formula is C29H28N2O7. The normalized spacial score (nSPS) is 15.0. The molecule has 1 aliphatic heterocycles. The zero-order chi connectivity index (χ0) is 27.0. The predicted octanol–water partition coefficient (Wildman–Crippen LogP) is 3.58. The van der Waals surface area contributed by atoms with Gasteiger partial charge in [-0.25, -0.2) is 0 Å². The van der Waals surface area contributed by atoms with Gasteiger partial charge in [-0.1, -0.05) is 42.5 Å². The van der Waals surface area contributed by atoms with Gasteiger partial charge in [0.15, 0.2) is 16.9 Å². The van der Waals surface area contributed by atoms with E-state index in [0.29, 0.717) is 24.2 Å². The molecule has 1 amide bonds. The molecule has 4 N–H and O–H groups in total. The number of phenols is 4. The fourth-order valence-electron chi connectivity index (χ4n) is 4.89. The Morgan fingerprint density at radius 1 is 0.895 bits per heavy atom. The predicted molar refractivity (Wildman–Crippen MR) is 142 cm³/mol. The number of phenolic OH excluding ortho intramolecular Hbond substituents is 4. The summed E-state index contributed by atoms with van der Waals surface area (Å²) >= 11 is 0. The zero-order valence-electron chi connectivity index (χ0n) is 20.8. The molecule has 1 aliphatic rings. The molecule has 3 aromatic carbocycles. The standard InChI is InChI=1S/C29H28N2O7/c1-30-11-13-31(14-12-30)23(34)15-20(17-7-9-19(32)10-8-17)24-26(35)28(37)27(36)25-21(33)16-22(38-29(24)25)18-5-3-2-4-6-18/h2-10,16,20,32,35-37H,11-15H2,1H3/t20-/m0/s1. The number of piperazine rings is 1. The lowest BCUT2D eigenvalue weighted by atomic mass is 9.85. The van der Waals surface area contributed by atoms with E-state index >= 15 is 0 Å². The molecular weight excluding hydrogens is 488 g/mol. The second-order valence-electron chi connectivity index (χ2n) is 9.54. The van der Waals surface area contributed by atoms with Crippen molar-refractivity contribution in [3.05, 3.63) is 82.0 Å². The number of hydrogen-bond donors (Lipinski definition) is 4. The van der Waals surface area contributed by atoms with Crippen molar-refractivity contribution in [2.24, 2.45) is 0 Å². The minimum Gasteiger partial charge on any atom is -0.508 e. The van der Waals surface area contributed by atoms with Crippen LogP contribution < -0.4 is 5.43 Å². The smallest absolute Gasteiger partial charge is 0.223 e. The number of hydrogen-bond acceptors (Lipinski definition) is 8. The third kappa shape index (κ3) is 4.64. The first-order valence-corrected chi connectivity index (χ1v) is 12.3. The number of rotatable bonds is 5. The Morgan fingerprint density at radius 3 is 2.21 bits per heavy atom. The highest BCUT2D eigenvalue weighted by molar-refractivity contribution is 5.94. The van der Waals surface area contributed by atoms with E-state index in [1.54, 1.807) is 41.3 Å². The number of amides is 1. The molecule has 0 aliphatic carbocycles. The molecule has 9 nitrogen and oxygen atoms in total. The van der Waals surface area contributed by atoms with Crippen LogP contribution in [-0.4, -0.2) is 69.4 Å². The number of carbonyl (C=O) groups excluding carboxylic acids is 1. The van der Waals surface area contributed by atoms with E-state index in [-0.39, 0.29) is 40.4 Å². The van der Waals surface area contributed by atoms with E-state index in [0.717, 1.165) is 13.1 Å². The number of nitrogens with zero attached hydrogens (tertiary/aromatic N) is 2. The van der Waals surface area contributed by atoms with Crippen LogP contribution in [0.15, 0.2) is 69.9 Å². The van der Waals surface area contributed by atoms with E-state index in [4.69, 9.17) is 4.42 Å². The Bertz CT molecular complexity index is 1540. The quantitative estimate of drug-likeness (QED) is 0.296. The molecule has 1 saturated heterocycles. The summed E-state index contributed by atoms with van der Waals surface area (Å²) in [7, 11) is 1.98. The Morgan fingerprint density at radius 2 is 1.55 bits per heavy atom. The molecule has 1 aromatic heterocycles. The zero-order valence-corrected chi connectivity index (χ0v) is 20.8. The fourth-order valence-corrected chi connectivity index (χ4v) is 4.89. The minimum atomic E-state index is -0.872. The van der Waals surface area contributed by atoms with Crippen LogP contribution in [0.25, 0.3) is 22.3 Å². The van der Waals surface area contributed by atoms with Gasteiger partial charge < -0.3 is 34.6 Å². The summed E-state index contributed by atoms with van der Waals surface area (Å²) in [5.41, 5.74) is 0.389. The van der Waals surface area contributed by atoms with E-state index in [1.165, 1.54) is 18.2 Å². The van der Waals surface area contributed by atoms with Gasteiger partial charge in [0.2, 0.25) is 11.7 Å². The monoisotopic (exact) mass is 516 g/mol. The van der Waals surface area contributed by atoms with Crippen molar-refractivity contribution in [1.29, 1.82) is 0 Å². The van der Waals surface area contributed by atoms with Crippen LogP contribution in [0, 0.1) is 0 Å². The number of benzene rings is 3. The summed E-state index contributed by atoms with van der Waals surface area (Å²) in [4.78, 5) is 30.5. The summed E-state index contributed by atoms with van der Waals surface area (Å²) in [6.45, 7) is 2.52. The van der Waals surface area contributed by atoms with E-state index < -0.39 is 28.6 Å². The van der Waals surface area contributed by atoms with Gasteiger partial charge in [0.05, 0.1) is 0 Å². The molecule has 1 atom stereocenters. The molecule has 1 fully saturated rings. The highest BCUT2D eigenvalue weighted by Gasteiger charge is 2.32. The molecule has 38 heavy (non-hydrogen) atoms. The summed E-state index contributed by atoms with van der Waals surface area (Å²) in [6.07, 6.45) is -0.110. The van der Waals surface area contributed by atoms with Crippen molar-refractivity contribution < 1.29 is 29.6 Å². The van der Waals surface area contributed by atoms with Gasteiger partial charge in [-0.15, -0.1) is 0 Å². The van der Waals surface area contributed by atoms with Gasteiger partial charge in [-0.05, 0) is 24.7 Å². The van der Waals surface area contributed by atoms with Crippen LogP contribution in [0.1, 0.15) is 23.5 Å². The third-order valence-electron chi connectivity index (χ3n) is 7.07. The van der Waals surface area contributed by atoms with Gasteiger partial charge in [0.25, 0.3) is 0 Å². The maximum atomic E-state index is 13.5. The largest absolute Gasteiger partial charge is 0.508 e. The van der Waals surface area contributed by atoms with Crippen LogP contribution >= 0.6 is 0 Å². The second-order valence-corrected chi connectivity index (χ2v) is 9.54. The SMILES string of the molecule is CN1CCN(C(=O)C[C@@H](c2ccc(O)cc2)c2c(O)c(O)c(O)c3c(=O)cc(-c4ccccc4)oc23)CC1. The van der Waals surface area contributed by atoms with Crippen molar-refractivity contribution in [2.45, 2.75) is 12.3 Å². The average Bonchev–Trinajstić information content (AvgIpc) is 2.92. The molecule has 0 spiro atoms. The Kier molecular flexibility index (Phi) is 6.69. The van der Waals surface area contributed by atoms with Gasteiger partial charge in [-0.2, -0.15) is 0 Å². The lowest BCUT2D eigenvalue weighted by molar-refractivity contribution is -0.133. The molecule has 2 heterocycles. The van der Waals surface area contributed by atoms with E-state index in [1.807, 2.05) is 13.1 Å². The van der Waals surface area contributed by atoms with E-state index in [2.05, 4.69) is 4.90 Å². The Labute approximate surface area is 218 Å². The Balaban J connectivity index is 1.72. The lowest BCUT2D eigenvalue weighted by Gasteiger charge is -2.33. The summed E-state index contributed by atoms with van der Waals surface area (Å²) in [5, 5.41) is 41.9. The molecule has 9 heteroatoms. The van der Waals surface area contributed by atoms with Crippen LogP contribution in [-0.2, 0) is 4.79 Å². The second kappa shape index (κ2) is 10.1. The van der Waals surface area contributed by atoms with Gasteiger partial charge in [-0.3, -0.25) is 9.59 Å². The molecule has 5 rings (SSSR count). The maximum absolute atomic E-state index is 13.5. The van der Waals surface area contributed by atoms with Crippen molar-refractivity contribution >= 4 is 16.9 Å². The lowest BCUT2D eigenvalue weighted by Crippen LogP contribution is -2.47. The highest BCUT2D eigenvalue weighted by Crippen LogP contribution is 2.49. The van der Waals surface area contributed by atoms with Gasteiger partial charge in [0.1, 0.15) is 22.5 Å². The number of aromatic hydroxyl groups is 4. The molecule has 196 valence electrons. The topological polar surface area (TPSA) is 135 Å². The fraction of sp³-hybridized carbons (Fsp3) is 0.241.